The van der Waals surface area contributed by atoms with Crippen LogP contribution in [0.2, 0.25) is 0 Å². The highest BCUT2D eigenvalue weighted by Crippen LogP contribution is 2.49. The van der Waals surface area contributed by atoms with Crippen LogP contribution in [0.5, 0.6) is 0 Å². The van der Waals surface area contributed by atoms with Crippen LogP contribution in [0.4, 0.5) is 0 Å². The molecule has 2 nitrogen and oxygen atoms in total. The molecule has 0 saturated carbocycles. The summed E-state index contributed by atoms with van der Waals surface area (Å²) in [6.45, 7) is 0. The van der Waals surface area contributed by atoms with E-state index in [-0.39, 0.29) is 0 Å². The van der Waals surface area contributed by atoms with Gasteiger partial charge in [-0.2, -0.15) is 0 Å². The first-order valence-corrected chi connectivity index (χ1v) is 23.8. The highest BCUT2D eigenvalue weighted by Gasteiger charge is 2.22. The summed E-state index contributed by atoms with van der Waals surface area (Å²) >= 11 is 0. The monoisotopic (exact) mass is 874 g/mol. The topological polar surface area (TPSA) is 17.8 Å². The highest BCUT2D eigenvalue weighted by atomic mass is 15.1. The molecule has 0 spiro atoms. The van der Waals surface area contributed by atoms with Crippen molar-refractivity contribution >= 4 is 75.7 Å². The molecule has 0 radical (unpaired) electrons. The van der Waals surface area contributed by atoms with E-state index < -0.39 is 0 Å². The standard InChI is InChI=1S/C67H42N2/c1-2-23-52(24-3-1)69-62-32-15-14-31-61(62)68-67(69)51-22-16-21-47(41-51)63-53-25-8-10-27-55(53)65(56-28-11-9-26-54(56)63)50-37-38-59-60(42-50)66(49-36-34-44-18-5-7-20-46(44)40-49)58-30-13-12-29-57(58)64(59)48-35-33-43-17-4-6-19-45(43)39-48/h1-42H. The predicted molar refractivity (Wildman–Crippen MR) is 293 cm³/mol. The second-order valence-corrected chi connectivity index (χ2v) is 18.2. The van der Waals surface area contributed by atoms with Crippen molar-refractivity contribution in [1.29, 1.82) is 0 Å². The number of para-hydroxylation sites is 3. The van der Waals surface area contributed by atoms with Crippen LogP contribution in [0, 0.1) is 0 Å². The van der Waals surface area contributed by atoms with Gasteiger partial charge in [0, 0.05) is 11.3 Å². The lowest BCUT2D eigenvalue weighted by Gasteiger charge is -2.21. The number of imidazole rings is 1. The van der Waals surface area contributed by atoms with E-state index in [0.29, 0.717) is 0 Å². The molecule has 1 heterocycles. The molecule has 14 aromatic rings. The van der Waals surface area contributed by atoms with E-state index in [9.17, 15) is 0 Å². The van der Waals surface area contributed by atoms with Crippen molar-refractivity contribution in [3.05, 3.63) is 255 Å². The average Bonchev–Trinajstić information content (AvgIpc) is 3.81. The molecule has 0 aliphatic rings. The Labute approximate surface area is 399 Å². The Balaban J connectivity index is 1.03. The quantitative estimate of drug-likeness (QED) is 0.152. The van der Waals surface area contributed by atoms with Crippen LogP contribution in [0.3, 0.4) is 0 Å². The summed E-state index contributed by atoms with van der Waals surface area (Å²) in [4.78, 5) is 5.26. The zero-order valence-corrected chi connectivity index (χ0v) is 37.6. The average molecular weight is 875 g/mol. The molecule has 0 bridgehead atoms. The van der Waals surface area contributed by atoms with Crippen molar-refractivity contribution < 1.29 is 0 Å². The molecule has 0 fully saturated rings. The number of benzene rings is 13. The lowest BCUT2D eigenvalue weighted by atomic mass is 9.82. The fourth-order valence-corrected chi connectivity index (χ4v) is 11.3. The van der Waals surface area contributed by atoms with Crippen molar-refractivity contribution in [1.82, 2.24) is 9.55 Å². The Bertz CT molecular complexity index is 4310. The van der Waals surface area contributed by atoms with E-state index in [4.69, 9.17) is 4.98 Å². The van der Waals surface area contributed by atoms with Crippen molar-refractivity contribution in [2.24, 2.45) is 0 Å². The van der Waals surface area contributed by atoms with Crippen molar-refractivity contribution in [2.45, 2.75) is 0 Å². The lowest BCUT2D eigenvalue weighted by molar-refractivity contribution is 1.10. The molecule has 0 saturated heterocycles. The highest BCUT2D eigenvalue weighted by molar-refractivity contribution is 6.25. The van der Waals surface area contributed by atoms with Gasteiger partial charge in [-0.3, -0.25) is 4.57 Å². The number of hydrogen-bond donors (Lipinski definition) is 0. The number of rotatable bonds is 6. The van der Waals surface area contributed by atoms with Crippen molar-refractivity contribution in [2.75, 3.05) is 0 Å². The van der Waals surface area contributed by atoms with Crippen LogP contribution in [0.15, 0.2) is 255 Å². The van der Waals surface area contributed by atoms with E-state index in [1.807, 2.05) is 0 Å². The van der Waals surface area contributed by atoms with Gasteiger partial charge in [-0.15, -0.1) is 0 Å². The maximum Gasteiger partial charge on any atom is 0.145 e. The molecule has 1 aromatic heterocycles. The maximum atomic E-state index is 5.26. The molecule has 0 N–H and O–H groups in total. The molecular weight excluding hydrogens is 833 g/mol. The minimum absolute atomic E-state index is 0.920. The Morgan fingerprint density at radius 3 is 1.22 bits per heavy atom. The molecule has 0 aliphatic heterocycles. The van der Waals surface area contributed by atoms with Gasteiger partial charge in [0.25, 0.3) is 0 Å². The molecule has 320 valence electrons. The van der Waals surface area contributed by atoms with Crippen LogP contribution in [0.1, 0.15) is 0 Å². The molecule has 0 amide bonds. The summed E-state index contributed by atoms with van der Waals surface area (Å²) in [5.74, 6) is 0.920. The Morgan fingerprint density at radius 2 is 0.652 bits per heavy atom. The third-order valence-corrected chi connectivity index (χ3v) is 14.3. The lowest BCUT2D eigenvalue weighted by Crippen LogP contribution is -1.97. The largest absolute Gasteiger partial charge is 0.292 e. The summed E-state index contributed by atoms with van der Waals surface area (Å²) in [5, 5.41) is 14.8. The van der Waals surface area contributed by atoms with Crippen LogP contribution in [-0.2, 0) is 0 Å². The van der Waals surface area contributed by atoms with E-state index in [0.717, 1.165) is 33.7 Å². The van der Waals surface area contributed by atoms with Crippen LogP contribution in [0.25, 0.3) is 137 Å². The van der Waals surface area contributed by atoms with Gasteiger partial charge in [0.2, 0.25) is 0 Å². The van der Waals surface area contributed by atoms with Gasteiger partial charge in [0.1, 0.15) is 5.82 Å². The third kappa shape index (κ3) is 6.30. The molecule has 0 unspecified atom stereocenters. The molecular formula is C67H42N2. The van der Waals surface area contributed by atoms with E-state index in [2.05, 4.69) is 259 Å². The maximum absolute atomic E-state index is 5.26. The summed E-state index contributed by atoms with van der Waals surface area (Å²) in [6, 6.07) is 93.5. The van der Waals surface area contributed by atoms with Gasteiger partial charge in [0.05, 0.1) is 11.0 Å². The molecule has 13 aromatic carbocycles. The van der Waals surface area contributed by atoms with Gasteiger partial charge in [-0.05, 0) is 158 Å². The molecule has 0 atom stereocenters. The summed E-state index contributed by atoms with van der Waals surface area (Å²) in [5.41, 5.74) is 13.9. The zero-order valence-electron chi connectivity index (χ0n) is 37.6. The fourth-order valence-electron chi connectivity index (χ4n) is 11.3. The SMILES string of the molecule is c1ccc(-n2c(-c3cccc(-c4c5ccccc5c(-c5ccc6c(-c7ccc8ccccc8c7)c7ccccc7c(-c7ccc8ccccc8c7)c6c5)c5ccccc45)c3)nc3ccccc32)cc1. The smallest absolute Gasteiger partial charge is 0.145 e. The number of hydrogen-bond acceptors (Lipinski definition) is 1. The number of nitrogens with zero attached hydrogens (tertiary/aromatic N) is 2. The van der Waals surface area contributed by atoms with Crippen LogP contribution >= 0.6 is 0 Å². The Morgan fingerprint density at radius 1 is 0.246 bits per heavy atom. The predicted octanol–water partition coefficient (Wildman–Crippen LogP) is 18.3. The van der Waals surface area contributed by atoms with Crippen molar-refractivity contribution in [3.8, 4) is 61.6 Å². The van der Waals surface area contributed by atoms with Crippen LogP contribution < -0.4 is 0 Å². The van der Waals surface area contributed by atoms with Gasteiger partial charge < -0.3 is 0 Å². The minimum atomic E-state index is 0.920. The zero-order chi connectivity index (χ0) is 45.4. The van der Waals surface area contributed by atoms with Crippen LogP contribution in [-0.4, -0.2) is 9.55 Å². The molecule has 2 heteroatoms. The van der Waals surface area contributed by atoms with E-state index >= 15 is 0 Å². The summed E-state index contributed by atoms with van der Waals surface area (Å²) in [6.07, 6.45) is 0. The molecule has 14 rings (SSSR count). The van der Waals surface area contributed by atoms with E-state index in [1.54, 1.807) is 0 Å². The summed E-state index contributed by atoms with van der Waals surface area (Å²) in [7, 11) is 0. The normalized spacial score (nSPS) is 11.8. The van der Waals surface area contributed by atoms with Gasteiger partial charge >= 0.3 is 0 Å². The number of aromatic nitrogens is 2. The Kier molecular flexibility index (Phi) is 8.93. The fraction of sp³-hybridized carbons (Fsp3) is 0. The first-order valence-electron chi connectivity index (χ1n) is 23.8. The minimum Gasteiger partial charge on any atom is -0.292 e. The van der Waals surface area contributed by atoms with Crippen molar-refractivity contribution in [3.63, 3.8) is 0 Å². The number of fused-ring (bicyclic) bond motifs is 7. The van der Waals surface area contributed by atoms with Gasteiger partial charge in [-0.25, -0.2) is 4.98 Å². The first-order chi connectivity index (χ1) is 34.2. The molecule has 0 aliphatic carbocycles. The molecule has 69 heavy (non-hydrogen) atoms. The summed E-state index contributed by atoms with van der Waals surface area (Å²) < 4.78 is 2.29. The second kappa shape index (κ2) is 15.8. The third-order valence-electron chi connectivity index (χ3n) is 14.3. The van der Waals surface area contributed by atoms with Gasteiger partial charge in [0.15, 0.2) is 0 Å². The Hall–Kier alpha value is -9.11. The van der Waals surface area contributed by atoms with E-state index in [1.165, 1.54) is 104 Å². The second-order valence-electron chi connectivity index (χ2n) is 18.2. The van der Waals surface area contributed by atoms with Gasteiger partial charge in [-0.1, -0.05) is 206 Å². The first kappa shape index (κ1) is 39.1.